The van der Waals surface area contributed by atoms with E-state index in [0.29, 0.717) is 5.92 Å². The summed E-state index contributed by atoms with van der Waals surface area (Å²) in [4.78, 5) is 3.85. The maximum Gasteiger partial charge on any atom is 0.416 e. The van der Waals surface area contributed by atoms with E-state index in [4.69, 9.17) is 5.84 Å². The number of hydrogen-bond donors (Lipinski definition) is 2. The van der Waals surface area contributed by atoms with E-state index in [1.165, 1.54) is 12.4 Å². The molecule has 0 radical (unpaired) electrons. The second-order valence-corrected chi connectivity index (χ2v) is 5.64. The van der Waals surface area contributed by atoms with Gasteiger partial charge in [0.15, 0.2) is 0 Å². The van der Waals surface area contributed by atoms with Crippen LogP contribution in [0.4, 0.5) is 13.2 Å². The Morgan fingerprint density at radius 1 is 1.40 bits per heavy atom. The fourth-order valence-corrected chi connectivity index (χ4v) is 3.18. The van der Waals surface area contributed by atoms with Crippen LogP contribution in [-0.2, 0) is 6.18 Å². The molecule has 20 heavy (non-hydrogen) atoms. The summed E-state index contributed by atoms with van der Waals surface area (Å²) >= 11 is 0. The van der Waals surface area contributed by atoms with Gasteiger partial charge in [-0.1, -0.05) is 19.8 Å². The van der Waals surface area contributed by atoms with Crippen LogP contribution in [0, 0.1) is 11.8 Å². The summed E-state index contributed by atoms with van der Waals surface area (Å²) in [5.74, 6) is 6.19. The molecule has 1 aromatic heterocycles. The van der Waals surface area contributed by atoms with Crippen molar-refractivity contribution >= 4 is 0 Å². The fraction of sp³-hybridized carbons (Fsp3) is 0.643. The van der Waals surface area contributed by atoms with Crippen molar-refractivity contribution in [3.63, 3.8) is 0 Å². The van der Waals surface area contributed by atoms with E-state index >= 15 is 0 Å². The average molecular weight is 287 g/mol. The van der Waals surface area contributed by atoms with Gasteiger partial charge in [0.1, 0.15) is 0 Å². The second-order valence-electron chi connectivity index (χ2n) is 5.64. The van der Waals surface area contributed by atoms with Gasteiger partial charge in [-0.3, -0.25) is 16.3 Å². The summed E-state index contributed by atoms with van der Waals surface area (Å²) in [6.45, 7) is 2.13. The van der Waals surface area contributed by atoms with Crippen LogP contribution in [0.2, 0.25) is 0 Å². The number of aromatic nitrogens is 1. The molecule has 0 spiro atoms. The first-order chi connectivity index (χ1) is 9.43. The Labute approximate surface area is 116 Å². The maximum atomic E-state index is 13.1. The molecule has 112 valence electrons. The first-order valence-corrected chi connectivity index (χ1v) is 6.90. The molecule has 0 bridgehead atoms. The molecule has 0 saturated heterocycles. The third-order valence-corrected chi connectivity index (χ3v) is 4.12. The van der Waals surface area contributed by atoms with Gasteiger partial charge in [-0.05, 0) is 30.7 Å². The molecule has 1 aliphatic carbocycles. The van der Waals surface area contributed by atoms with Crippen LogP contribution >= 0.6 is 0 Å². The van der Waals surface area contributed by atoms with Crippen molar-refractivity contribution in [2.75, 3.05) is 0 Å². The number of alkyl halides is 3. The summed E-state index contributed by atoms with van der Waals surface area (Å²) in [7, 11) is 0. The number of nitrogens with zero attached hydrogens (tertiary/aromatic N) is 1. The Morgan fingerprint density at radius 2 is 2.15 bits per heavy atom. The van der Waals surface area contributed by atoms with Crippen molar-refractivity contribution in [3.05, 3.63) is 29.6 Å². The van der Waals surface area contributed by atoms with Crippen molar-refractivity contribution in [3.8, 4) is 0 Å². The SMILES string of the molecule is CC1CCCC(C(NN)c2cnccc2C(F)(F)F)C1. The smallest absolute Gasteiger partial charge is 0.271 e. The van der Waals surface area contributed by atoms with E-state index in [9.17, 15) is 13.2 Å². The Kier molecular flexibility index (Phi) is 4.65. The summed E-state index contributed by atoms with van der Waals surface area (Å²) in [5, 5.41) is 0. The topological polar surface area (TPSA) is 50.9 Å². The highest BCUT2D eigenvalue weighted by molar-refractivity contribution is 5.29. The zero-order valence-electron chi connectivity index (χ0n) is 11.5. The molecule has 3 nitrogen and oxygen atoms in total. The van der Waals surface area contributed by atoms with Crippen molar-refractivity contribution in [2.24, 2.45) is 17.7 Å². The largest absolute Gasteiger partial charge is 0.416 e. The highest BCUT2D eigenvalue weighted by Crippen LogP contribution is 2.41. The molecule has 0 amide bonds. The number of rotatable bonds is 3. The van der Waals surface area contributed by atoms with Crippen molar-refractivity contribution < 1.29 is 13.2 Å². The molecule has 1 aromatic rings. The third-order valence-electron chi connectivity index (χ3n) is 4.12. The average Bonchev–Trinajstić information content (AvgIpc) is 2.39. The fourth-order valence-electron chi connectivity index (χ4n) is 3.18. The molecule has 0 aromatic carbocycles. The standard InChI is InChI=1S/C14H20F3N3/c1-9-3-2-4-10(7-9)13(20-18)11-8-19-6-5-12(11)14(15,16)17/h5-6,8-10,13,20H,2-4,7,18H2,1H3. The number of hydrazine groups is 1. The normalized spacial score (nSPS) is 25.4. The molecule has 1 aliphatic rings. The third kappa shape index (κ3) is 3.30. The monoisotopic (exact) mass is 287 g/mol. The Hall–Kier alpha value is -1.14. The van der Waals surface area contributed by atoms with E-state index < -0.39 is 17.8 Å². The number of halogens is 3. The van der Waals surface area contributed by atoms with Gasteiger partial charge in [-0.15, -0.1) is 0 Å². The highest BCUT2D eigenvalue weighted by atomic mass is 19.4. The number of nitrogens with two attached hydrogens (primary N) is 1. The highest BCUT2D eigenvalue weighted by Gasteiger charge is 2.37. The quantitative estimate of drug-likeness (QED) is 0.661. The van der Waals surface area contributed by atoms with E-state index in [1.807, 2.05) is 0 Å². The molecule has 0 aliphatic heterocycles. The molecule has 3 unspecified atom stereocenters. The van der Waals surface area contributed by atoms with E-state index in [0.717, 1.165) is 31.7 Å². The van der Waals surface area contributed by atoms with Crippen molar-refractivity contribution in [2.45, 2.75) is 44.8 Å². The van der Waals surface area contributed by atoms with Gasteiger partial charge >= 0.3 is 6.18 Å². The lowest BCUT2D eigenvalue weighted by Crippen LogP contribution is -2.37. The molecule has 1 fully saturated rings. The zero-order valence-corrected chi connectivity index (χ0v) is 11.5. The van der Waals surface area contributed by atoms with Crippen LogP contribution in [0.25, 0.3) is 0 Å². The number of pyridine rings is 1. The van der Waals surface area contributed by atoms with Crippen molar-refractivity contribution in [1.29, 1.82) is 0 Å². The minimum Gasteiger partial charge on any atom is -0.271 e. The molecule has 6 heteroatoms. The molecule has 1 heterocycles. The minimum absolute atomic E-state index is 0.119. The number of hydrogen-bond acceptors (Lipinski definition) is 3. The number of nitrogens with one attached hydrogen (secondary N) is 1. The summed E-state index contributed by atoms with van der Waals surface area (Å²) in [5.41, 5.74) is 2.09. The van der Waals surface area contributed by atoms with Crippen LogP contribution in [0.5, 0.6) is 0 Å². The maximum absolute atomic E-state index is 13.1. The molecule has 3 N–H and O–H groups in total. The van der Waals surface area contributed by atoms with Gasteiger partial charge in [-0.2, -0.15) is 13.2 Å². The van der Waals surface area contributed by atoms with Crippen molar-refractivity contribution in [1.82, 2.24) is 10.4 Å². The van der Waals surface area contributed by atoms with Gasteiger partial charge in [-0.25, -0.2) is 0 Å². The van der Waals surface area contributed by atoms with Crippen LogP contribution in [0.3, 0.4) is 0 Å². The van der Waals surface area contributed by atoms with E-state index in [2.05, 4.69) is 17.3 Å². The molecule has 1 saturated carbocycles. The lowest BCUT2D eigenvalue weighted by Gasteiger charge is -2.34. The second kappa shape index (κ2) is 6.10. The van der Waals surface area contributed by atoms with Crippen LogP contribution in [-0.4, -0.2) is 4.98 Å². The molecule has 2 rings (SSSR count). The van der Waals surface area contributed by atoms with E-state index in [-0.39, 0.29) is 11.5 Å². The van der Waals surface area contributed by atoms with E-state index in [1.54, 1.807) is 0 Å². The Bertz CT molecular complexity index is 448. The predicted octanol–water partition coefficient (Wildman–Crippen LogP) is 3.43. The van der Waals surface area contributed by atoms with Gasteiger partial charge in [0.2, 0.25) is 0 Å². The summed E-state index contributed by atoms with van der Waals surface area (Å²) in [6, 6.07) is 0.523. The van der Waals surface area contributed by atoms with Crippen LogP contribution in [0.15, 0.2) is 18.5 Å². The molecular weight excluding hydrogens is 267 g/mol. The van der Waals surface area contributed by atoms with Gasteiger partial charge in [0.25, 0.3) is 0 Å². The lowest BCUT2D eigenvalue weighted by atomic mass is 9.76. The Morgan fingerprint density at radius 3 is 2.75 bits per heavy atom. The lowest BCUT2D eigenvalue weighted by molar-refractivity contribution is -0.138. The molecular formula is C14H20F3N3. The minimum atomic E-state index is -4.38. The molecule has 3 atom stereocenters. The summed E-state index contributed by atoms with van der Waals surface area (Å²) < 4.78 is 39.3. The van der Waals surface area contributed by atoms with Gasteiger partial charge in [0.05, 0.1) is 11.6 Å². The zero-order chi connectivity index (χ0) is 14.8. The van der Waals surface area contributed by atoms with Crippen LogP contribution in [0.1, 0.15) is 49.8 Å². The first kappa shape index (κ1) is 15.3. The van der Waals surface area contributed by atoms with Gasteiger partial charge < -0.3 is 0 Å². The van der Waals surface area contributed by atoms with Gasteiger partial charge in [0, 0.05) is 18.0 Å². The summed E-state index contributed by atoms with van der Waals surface area (Å²) in [6.07, 6.45) is 2.02. The predicted molar refractivity (Wildman–Crippen MR) is 70.4 cm³/mol. The first-order valence-electron chi connectivity index (χ1n) is 6.90. The Balaban J connectivity index is 2.32. The van der Waals surface area contributed by atoms with Crippen LogP contribution < -0.4 is 11.3 Å².